The van der Waals surface area contributed by atoms with Gasteiger partial charge in [-0.05, 0) is 43.9 Å². The number of benzene rings is 1. The van der Waals surface area contributed by atoms with Gasteiger partial charge in [0.05, 0.1) is 5.56 Å². The van der Waals surface area contributed by atoms with Crippen molar-refractivity contribution < 1.29 is 19.5 Å². The predicted octanol–water partition coefficient (Wildman–Crippen LogP) is 2.42. The van der Waals surface area contributed by atoms with E-state index in [9.17, 15) is 14.4 Å². The minimum atomic E-state index is -1.03. The van der Waals surface area contributed by atoms with E-state index in [1.807, 2.05) is 0 Å². The van der Waals surface area contributed by atoms with Crippen LogP contribution in [0.5, 0.6) is 0 Å². The number of aromatic carboxylic acids is 1. The second-order valence-corrected chi connectivity index (χ2v) is 5.78. The number of nitrogens with zero attached hydrogens (tertiary/aromatic N) is 1. The number of carboxylic acid groups (broad SMARTS) is 1. The zero-order chi connectivity index (χ0) is 17.0. The minimum Gasteiger partial charge on any atom is -0.478 e. The van der Waals surface area contributed by atoms with Gasteiger partial charge in [-0.25, -0.2) is 4.79 Å². The molecule has 124 valence electrons. The highest BCUT2D eigenvalue weighted by molar-refractivity contribution is 5.98. The first kappa shape index (κ1) is 17.0. The topological polar surface area (TPSA) is 86.7 Å². The van der Waals surface area contributed by atoms with Crippen molar-refractivity contribution in [2.75, 3.05) is 11.9 Å². The maximum absolute atomic E-state index is 12.5. The molecule has 1 aliphatic heterocycles. The number of carbonyl (C=O) groups is 3. The molecular formula is C17H22N2O4. The van der Waals surface area contributed by atoms with Crippen molar-refractivity contribution in [3.63, 3.8) is 0 Å². The fraction of sp³-hybridized carbons (Fsp3) is 0.471. The number of rotatable bonds is 4. The molecule has 1 aromatic rings. The fourth-order valence-electron chi connectivity index (χ4n) is 2.86. The van der Waals surface area contributed by atoms with Crippen LogP contribution < -0.4 is 5.32 Å². The molecule has 1 unspecified atom stereocenters. The molecule has 0 bridgehead atoms. The third kappa shape index (κ3) is 3.88. The molecule has 1 heterocycles. The first-order chi connectivity index (χ1) is 10.9. The Morgan fingerprint density at radius 1 is 1.30 bits per heavy atom. The van der Waals surface area contributed by atoms with Crippen LogP contribution in [0.15, 0.2) is 18.2 Å². The Kier molecular flexibility index (Phi) is 5.36. The third-order valence-corrected chi connectivity index (χ3v) is 4.16. The van der Waals surface area contributed by atoms with Crippen molar-refractivity contribution in [1.29, 1.82) is 0 Å². The Balaban J connectivity index is 2.15. The van der Waals surface area contributed by atoms with Crippen molar-refractivity contribution in [3.8, 4) is 0 Å². The maximum Gasteiger partial charge on any atom is 0.336 e. The van der Waals surface area contributed by atoms with Gasteiger partial charge in [-0.1, -0.05) is 13.0 Å². The molecule has 1 atom stereocenters. The van der Waals surface area contributed by atoms with E-state index in [4.69, 9.17) is 5.11 Å². The molecular weight excluding hydrogens is 296 g/mol. The molecule has 1 aliphatic rings. The molecule has 0 aromatic heterocycles. The van der Waals surface area contributed by atoms with Gasteiger partial charge in [0.1, 0.15) is 6.04 Å². The van der Waals surface area contributed by atoms with E-state index in [2.05, 4.69) is 5.32 Å². The Hall–Kier alpha value is -2.37. The smallest absolute Gasteiger partial charge is 0.336 e. The largest absolute Gasteiger partial charge is 0.478 e. The zero-order valence-corrected chi connectivity index (χ0v) is 13.5. The van der Waals surface area contributed by atoms with Crippen LogP contribution in [0, 0.1) is 6.92 Å². The van der Waals surface area contributed by atoms with E-state index in [0.29, 0.717) is 30.6 Å². The van der Waals surface area contributed by atoms with Gasteiger partial charge in [0, 0.05) is 18.7 Å². The predicted molar refractivity (Wildman–Crippen MR) is 86.4 cm³/mol. The van der Waals surface area contributed by atoms with Gasteiger partial charge in [0.15, 0.2) is 0 Å². The summed E-state index contributed by atoms with van der Waals surface area (Å²) in [4.78, 5) is 37.3. The second kappa shape index (κ2) is 7.26. The van der Waals surface area contributed by atoms with Crippen molar-refractivity contribution in [2.24, 2.45) is 0 Å². The number of hydrogen-bond donors (Lipinski definition) is 2. The molecule has 23 heavy (non-hydrogen) atoms. The van der Waals surface area contributed by atoms with Crippen molar-refractivity contribution in [3.05, 3.63) is 29.3 Å². The van der Waals surface area contributed by atoms with Gasteiger partial charge in [-0.15, -0.1) is 0 Å². The molecule has 0 saturated carbocycles. The van der Waals surface area contributed by atoms with Gasteiger partial charge in [0.2, 0.25) is 11.8 Å². The SMILES string of the molecule is CCC(=O)N1CCCCC1C(=O)Nc1ccc(C)c(C(=O)O)c1. The molecule has 1 saturated heterocycles. The van der Waals surface area contributed by atoms with Crippen LogP contribution in [-0.2, 0) is 9.59 Å². The average Bonchev–Trinajstić information content (AvgIpc) is 2.55. The first-order valence-electron chi connectivity index (χ1n) is 7.88. The van der Waals surface area contributed by atoms with Crippen LogP contribution in [0.25, 0.3) is 0 Å². The van der Waals surface area contributed by atoms with E-state index in [1.165, 1.54) is 6.07 Å². The van der Waals surface area contributed by atoms with Crippen LogP contribution in [-0.4, -0.2) is 40.4 Å². The molecule has 1 fully saturated rings. The van der Waals surface area contributed by atoms with Gasteiger partial charge in [-0.2, -0.15) is 0 Å². The van der Waals surface area contributed by atoms with Gasteiger partial charge < -0.3 is 15.3 Å². The van der Waals surface area contributed by atoms with E-state index in [-0.39, 0.29) is 17.4 Å². The normalized spacial score (nSPS) is 17.7. The standard InChI is InChI=1S/C17H22N2O4/c1-3-15(20)19-9-5-4-6-14(19)16(21)18-12-8-7-11(2)13(10-12)17(22)23/h7-8,10,14H,3-6,9H2,1-2H3,(H,18,21)(H,22,23). The molecule has 2 N–H and O–H groups in total. The second-order valence-electron chi connectivity index (χ2n) is 5.78. The number of carboxylic acids is 1. The monoisotopic (exact) mass is 318 g/mol. The van der Waals surface area contributed by atoms with Crippen LogP contribution in [0.1, 0.15) is 48.5 Å². The van der Waals surface area contributed by atoms with Crippen LogP contribution in [0.4, 0.5) is 5.69 Å². The number of anilines is 1. The Labute approximate surface area is 135 Å². The van der Waals surface area contributed by atoms with Gasteiger partial charge in [-0.3, -0.25) is 9.59 Å². The summed E-state index contributed by atoms with van der Waals surface area (Å²) >= 11 is 0. The zero-order valence-electron chi connectivity index (χ0n) is 13.5. The van der Waals surface area contributed by atoms with E-state index in [1.54, 1.807) is 30.9 Å². The van der Waals surface area contributed by atoms with E-state index >= 15 is 0 Å². The molecule has 6 heteroatoms. The maximum atomic E-state index is 12.5. The lowest BCUT2D eigenvalue weighted by molar-refractivity contribution is -0.140. The summed E-state index contributed by atoms with van der Waals surface area (Å²) in [5, 5.41) is 11.9. The fourth-order valence-corrected chi connectivity index (χ4v) is 2.86. The number of likely N-dealkylation sites (tertiary alicyclic amines) is 1. The molecule has 2 amide bonds. The summed E-state index contributed by atoms with van der Waals surface area (Å²) in [6.07, 6.45) is 2.82. The lowest BCUT2D eigenvalue weighted by Crippen LogP contribution is -2.49. The Bertz CT molecular complexity index is 627. The Morgan fingerprint density at radius 2 is 2.04 bits per heavy atom. The highest BCUT2D eigenvalue weighted by atomic mass is 16.4. The number of piperidine rings is 1. The van der Waals surface area contributed by atoms with Crippen molar-refractivity contribution >= 4 is 23.5 Å². The number of nitrogens with one attached hydrogen (secondary N) is 1. The number of hydrogen-bond acceptors (Lipinski definition) is 3. The highest BCUT2D eigenvalue weighted by Gasteiger charge is 2.31. The quantitative estimate of drug-likeness (QED) is 0.892. The van der Waals surface area contributed by atoms with Crippen molar-refractivity contribution in [2.45, 2.75) is 45.6 Å². The summed E-state index contributed by atoms with van der Waals surface area (Å²) < 4.78 is 0. The summed E-state index contributed by atoms with van der Waals surface area (Å²) in [6.45, 7) is 4.09. The number of amides is 2. The molecule has 0 spiro atoms. The molecule has 0 aliphatic carbocycles. The van der Waals surface area contributed by atoms with Crippen LogP contribution >= 0.6 is 0 Å². The molecule has 1 aromatic carbocycles. The van der Waals surface area contributed by atoms with Gasteiger partial charge >= 0.3 is 5.97 Å². The van der Waals surface area contributed by atoms with Gasteiger partial charge in [0.25, 0.3) is 0 Å². The molecule has 6 nitrogen and oxygen atoms in total. The highest BCUT2D eigenvalue weighted by Crippen LogP contribution is 2.21. The first-order valence-corrected chi connectivity index (χ1v) is 7.88. The molecule has 0 radical (unpaired) electrons. The van der Waals surface area contributed by atoms with Crippen LogP contribution in [0.3, 0.4) is 0 Å². The summed E-state index contributed by atoms with van der Waals surface area (Å²) in [7, 11) is 0. The average molecular weight is 318 g/mol. The molecule has 2 rings (SSSR count). The summed E-state index contributed by atoms with van der Waals surface area (Å²) in [5.74, 6) is -1.31. The van der Waals surface area contributed by atoms with Crippen LogP contribution in [0.2, 0.25) is 0 Å². The minimum absolute atomic E-state index is 0.0278. The Morgan fingerprint density at radius 3 is 2.70 bits per heavy atom. The summed E-state index contributed by atoms with van der Waals surface area (Å²) in [6, 6.07) is 4.30. The third-order valence-electron chi connectivity index (χ3n) is 4.16. The van der Waals surface area contributed by atoms with E-state index < -0.39 is 12.0 Å². The lowest BCUT2D eigenvalue weighted by Gasteiger charge is -2.34. The lowest BCUT2D eigenvalue weighted by atomic mass is 10.0. The summed E-state index contributed by atoms with van der Waals surface area (Å²) in [5.41, 5.74) is 1.23. The van der Waals surface area contributed by atoms with E-state index in [0.717, 1.165) is 12.8 Å². The van der Waals surface area contributed by atoms with Crippen molar-refractivity contribution in [1.82, 2.24) is 4.90 Å². The number of carbonyl (C=O) groups excluding carboxylic acids is 2. The number of aryl methyl sites for hydroxylation is 1.